The number of likely N-dealkylation sites (N-methyl/N-ethyl adjacent to an activating group) is 1. The maximum absolute atomic E-state index is 12.3. The summed E-state index contributed by atoms with van der Waals surface area (Å²) in [6.45, 7) is 0.156. The van der Waals surface area contributed by atoms with Crippen LogP contribution in [-0.2, 0) is 24.2 Å². The minimum absolute atomic E-state index is 0.0174. The predicted molar refractivity (Wildman–Crippen MR) is 98.1 cm³/mol. The van der Waals surface area contributed by atoms with E-state index in [-0.39, 0.29) is 29.0 Å². The first kappa shape index (κ1) is 19.3. The van der Waals surface area contributed by atoms with E-state index >= 15 is 0 Å². The van der Waals surface area contributed by atoms with E-state index in [1.54, 1.807) is 29.2 Å². The molecule has 9 heteroatoms. The lowest BCUT2D eigenvalue weighted by molar-refractivity contribution is -0.134. The Morgan fingerprint density at radius 3 is 2.74 bits per heavy atom. The molecule has 1 atom stereocenters. The number of amides is 2. The van der Waals surface area contributed by atoms with Crippen molar-refractivity contribution in [1.29, 1.82) is 0 Å². The third-order valence-corrected chi connectivity index (χ3v) is 6.69. The molecule has 0 radical (unpaired) electrons. The summed E-state index contributed by atoms with van der Waals surface area (Å²) in [7, 11) is -1.58. The van der Waals surface area contributed by atoms with Gasteiger partial charge in [0.15, 0.2) is 16.4 Å². The smallest absolute Gasteiger partial charge is 0.338 e. The molecule has 0 N–H and O–H groups in total. The zero-order valence-electron chi connectivity index (χ0n) is 15.1. The molecule has 0 saturated carbocycles. The molecule has 0 aromatic heterocycles. The first-order valence-electron chi connectivity index (χ1n) is 8.80. The second kappa shape index (κ2) is 7.67. The third kappa shape index (κ3) is 4.47. The van der Waals surface area contributed by atoms with Crippen LogP contribution in [0.4, 0.5) is 5.69 Å². The highest BCUT2D eigenvalue weighted by molar-refractivity contribution is 7.91. The van der Waals surface area contributed by atoms with Crippen molar-refractivity contribution in [2.75, 3.05) is 36.6 Å². The third-order valence-electron chi connectivity index (χ3n) is 4.94. The highest BCUT2D eigenvalue weighted by Gasteiger charge is 2.33. The van der Waals surface area contributed by atoms with Crippen molar-refractivity contribution in [2.24, 2.45) is 0 Å². The summed E-state index contributed by atoms with van der Waals surface area (Å²) in [6.07, 6.45) is 1.67. The fourth-order valence-corrected chi connectivity index (χ4v) is 5.09. The van der Waals surface area contributed by atoms with Crippen LogP contribution in [0, 0.1) is 0 Å². The zero-order chi connectivity index (χ0) is 19.6. The Hall–Kier alpha value is -2.42. The molecular formula is C18H22N2O6S. The average molecular weight is 394 g/mol. The molecule has 2 amide bonds. The van der Waals surface area contributed by atoms with Gasteiger partial charge in [-0.3, -0.25) is 9.59 Å². The summed E-state index contributed by atoms with van der Waals surface area (Å²) in [5, 5.41) is 0. The van der Waals surface area contributed by atoms with Crippen LogP contribution in [0.1, 0.15) is 29.6 Å². The minimum atomic E-state index is -3.10. The molecule has 3 rings (SSSR count). The van der Waals surface area contributed by atoms with E-state index < -0.39 is 28.3 Å². The van der Waals surface area contributed by atoms with Gasteiger partial charge >= 0.3 is 5.97 Å². The molecule has 2 saturated heterocycles. The van der Waals surface area contributed by atoms with E-state index in [4.69, 9.17) is 4.74 Å². The van der Waals surface area contributed by atoms with Gasteiger partial charge in [0, 0.05) is 31.7 Å². The number of ether oxygens (including phenoxy) is 1. The van der Waals surface area contributed by atoms with Gasteiger partial charge in [-0.15, -0.1) is 0 Å². The van der Waals surface area contributed by atoms with Gasteiger partial charge < -0.3 is 14.5 Å². The summed E-state index contributed by atoms with van der Waals surface area (Å²) in [5.74, 6) is -1.09. The number of nitrogens with zero attached hydrogens (tertiary/aromatic N) is 2. The molecule has 0 spiro atoms. The van der Waals surface area contributed by atoms with Gasteiger partial charge in [0.1, 0.15) is 0 Å². The highest BCUT2D eigenvalue weighted by Crippen LogP contribution is 2.22. The predicted octanol–water partition coefficient (Wildman–Crippen LogP) is 0.616. The maximum Gasteiger partial charge on any atom is 0.338 e. The number of hydrogen-bond acceptors (Lipinski definition) is 6. The minimum Gasteiger partial charge on any atom is -0.452 e. The molecule has 2 aliphatic heterocycles. The monoisotopic (exact) mass is 394 g/mol. The van der Waals surface area contributed by atoms with E-state index in [1.165, 1.54) is 11.9 Å². The van der Waals surface area contributed by atoms with E-state index in [0.29, 0.717) is 25.1 Å². The Bertz CT molecular complexity index is 866. The quantitative estimate of drug-likeness (QED) is 0.679. The average Bonchev–Trinajstić information content (AvgIpc) is 3.23. The molecule has 0 unspecified atom stereocenters. The molecule has 1 aromatic rings. The van der Waals surface area contributed by atoms with Crippen LogP contribution in [-0.4, -0.2) is 68.8 Å². The number of rotatable bonds is 5. The van der Waals surface area contributed by atoms with Gasteiger partial charge in [0.2, 0.25) is 5.91 Å². The summed E-state index contributed by atoms with van der Waals surface area (Å²) < 4.78 is 28.1. The summed E-state index contributed by atoms with van der Waals surface area (Å²) >= 11 is 0. The molecule has 2 fully saturated rings. The highest BCUT2D eigenvalue weighted by atomic mass is 32.2. The number of sulfone groups is 1. The van der Waals surface area contributed by atoms with E-state index in [2.05, 4.69) is 0 Å². The van der Waals surface area contributed by atoms with Crippen LogP contribution < -0.4 is 4.90 Å². The molecule has 2 aliphatic rings. The van der Waals surface area contributed by atoms with Crippen LogP contribution in [0.5, 0.6) is 0 Å². The van der Waals surface area contributed by atoms with E-state index in [1.807, 2.05) is 0 Å². The van der Waals surface area contributed by atoms with Crippen LogP contribution in [0.3, 0.4) is 0 Å². The maximum atomic E-state index is 12.3. The Morgan fingerprint density at radius 2 is 2.11 bits per heavy atom. The van der Waals surface area contributed by atoms with Gasteiger partial charge in [0.05, 0.1) is 17.1 Å². The normalized spacial score (nSPS) is 21.3. The number of carbonyl (C=O) groups excluding carboxylic acids is 3. The Kier molecular flexibility index (Phi) is 5.50. The molecule has 1 aromatic carbocycles. The number of hydrogen-bond donors (Lipinski definition) is 0. The van der Waals surface area contributed by atoms with Crippen molar-refractivity contribution in [3.63, 3.8) is 0 Å². The van der Waals surface area contributed by atoms with Gasteiger partial charge in [-0.25, -0.2) is 13.2 Å². The van der Waals surface area contributed by atoms with Crippen molar-refractivity contribution < 1.29 is 27.5 Å². The molecule has 27 heavy (non-hydrogen) atoms. The van der Waals surface area contributed by atoms with Crippen molar-refractivity contribution in [3.8, 4) is 0 Å². The van der Waals surface area contributed by atoms with Crippen molar-refractivity contribution in [2.45, 2.75) is 25.3 Å². The summed E-state index contributed by atoms with van der Waals surface area (Å²) in [5.41, 5.74) is 0.887. The molecule has 0 aliphatic carbocycles. The lowest BCUT2D eigenvalue weighted by atomic mass is 10.2. The molecule has 8 nitrogen and oxygen atoms in total. The van der Waals surface area contributed by atoms with Crippen molar-refractivity contribution >= 4 is 33.3 Å². The molecule has 146 valence electrons. The van der Waals surface area contributed by atoms with Gasteiger partial charge in [-0.1, -0.05) is 6.07 Å². The van der Waals surface area contributed by atoms with Crippen molar-refractivity contribution in [1.82, 2.24) is 4.90 Å². The van der Waals surface area contributed by atoms with Crippen LogP contribution in [0.2, 0.25) is 0 Å². The fourth-order valence-electron chi connectivity index (χ4n) is 3.32. The number of esters is 1. The zero-order valence-corrected chi connectivity index (χ0v) is 15.9. The van der Waals surface area contributed by atoms with Gasteiger partial charge in [-0.05, 0) is 31.0 Å². The molecule has 2 heterocycles. The summed E-state index contributed by atoms with van der Waals surface area (Å²) in [4.78, 5) is 39.2. The number of anilines is 1. The first-order chi connectivity index (χ1) is 12.8. The van der Waals surface area contributed by atoms with Gasteiger partial charge in [-0.2, -0.15) is 0 Å². The largest absolute Gasteiger partial charge is 0.452 e. The van der Waals surface area contributed by atoms with E-state index in [9.17, 15) is 22.8 Å². The fraction of sp³-hybridized carbons (Fsp3) is 0.500. The Morgan fingerprint density at radius 1 is 1.33 bits per heavy atom. The SMILES string of the molecule is CN(C(=O)COC(=O)c1cccc(N2CCCC2=O)c1)[C@H]1CCS(=O)(=O)C1. The lowest BCUT2D eigenvalue weighted by Gasteiger charge is -2.23. The molecular weight excluding hydrogens is 372 g/mol. The first-order valence-corrected chi connectivity index (χ1v) is 10.6. The van der Waals surface area contributed by atoms with E-state index in [0.717, 1.165) is 6.42 Å². The standard InChI is InChI=1S/C18H22N2O6S/c1-19(15-7-9-27(24,25)12-15)17(22)11-26-18(23)13-4-2-5-14(10-13)20-8-3-6-16(20)21/h2,4-5,10,15H,3,6-9,11-12H2,1H3/t15-/m0/s1. The number of carbonyl (C=O) groups is 3. The van der Waals surface area contributed by atoms with Gasteiger partial charge in [0.25, 0.3) is 5.91 Å². The second-order valence-corrected chi connectivity index (χ2v) is 9.07. The Labute approximate surface area is 158 Å². The topological polar surface area (TPSA) is 101 Å². The van der Waals surface area contributed by atoms with Crippen LogP contribution in [0.25, 0.3) is 0 Å². The molecule has 0 bridgehead atoms. The second-order valence-electron chi connectivity index (χ2n) is 6.84. The lowest BCUT2D eigenvalue weighted by Crippen LogP contribution is -2.40. The number of benzene rings is 1. The van der Waals surface area contributed by atoms with Crippen molar-refractivity contribution in [3.05, 3.63) is 29.8 Å². The summed E-state index contributed by atoms with van der Waals surface area (Å²) in [6, 6.07) is 6.16. The Balaban J connectivity index is 1.57. The van der Waals surface area contributed by atoms with Crippen LogP contribution in [0.15, 0.2) is 24.3 Å². The van der Waals surface area contributed by atoms with Crippen LogP contribution >= 0.6 is 0 Å².